The number of benzene rings is 2. The highest BCUT2D eigenvalue weighted by atomic mass is 16.5. The maximum atomic E-state index is 13.8. The maximum absolute atomic E-state index is 13.8. The van der Waals surface area contributed by atoms with E-state index in [0.717, 1.165) is 42.5 Å². The van der Waals surface area contributed by atoms with Gasteiger partial charge in [0.15, 0.2) is 11.5 Å². The zero-order chi connectivity index (χ0) is 25.2. The highest BCUT2D eigenvalue weighted by molar-refractivity contribution is 6.12. The van der Waals surface area contributed by atoms with Crippen LogP contribution in [0.4, 0.5) is 0 Å². The molecule has 1 N–H and O–H groups in total. The molecule has 6 heteroatoms. The van der Waals surface area contributed by atoms with Gasteiger partial charge >= 0.3 is 5.97 Å². The van der Waals surface area contributed by atoms with Crippen LogP contribution in [0, 0.1) is 5.92 Å². The van der Waals surface area contributed by atoms with Gasteiger partial charge in [0.25, 0.3) is 0 Å². The SMILES string of the molecule is CCOc1cc([C@@H]2C(C(=O)OC3CCCC3)=C(C)N=C3C[C@H](c4ccccc4)CC(=O)C32)ccc1O. The van der Waals surface area contributed by atoms with Crippen molar-refractivity contribution in [1.82, 2.24) is 0 Å². The van der Waals surface area contributed by atoms with E-state index in [0.29, 0.717) is 36.5 Å². The number of carbonyl (C=O) groups excluding carboxylic acids is 2. The average Bonchev–Trinajstić information content (AvgIpc) is 3.38. The summed E-state index contributed by atoms with van der Waals surface area (Å²) in [5, 5.41) is 10.3. The summed E-state index contributed by atoms with van der Waals surface area (Å²) in [6, 6.07) is 15.2. The van der Waals surface area contributed by atoms with E-state index in [1.165, 1.54) is 0 Å². The Balaban J connectivity index is 1.57. The zero-order valence-electron chi connectivity index (χ0n) is 20.9. The Labute approximate surface area is 212 Å². The van der Waals surface area contributed by atoms with Crippen molar-refractivity contribution in [2.24, 2.45) is 10.9 Å². The molecule has 188 valence electrons. The van der Waals surface area contributed by atoms with Gasteiger partial charge in [0.05, 0.1) is 18.1 Å². The first-order valence-electron chi connectivity index (χ1n) is 13.0. The summed E-state index contributed by atoms with van der Waals surface area (Å²) in [5.41, 5.74) is 3.72. The third kappa shape index (κ3) is 4.69. The van der Waals surface area contributed by atoms with Gasteiger partial charge in [-0.1, -0.05) is 36.4 Å². The van der Waals surface area contributed by atoms with Crippen LogP contribution in [0.2, 0.25) is 0 Å². The standard InChI is InChI=1S/C30H33NO5/c1-3-35-26-17-20(13-14-24(26)32)28-27(30(34)36-22-11-7-8-12-22)18(2)31-23-15-21(16-25(33)29(23)28)19-9-5-4-6-10-19/h4-6,9-10,13-14,17,21-22,28-29,32H,3,7-8,11-12,15-16H2,1-2H3/t21-,28+,29?/m0/s1. The molecule has 0 aromatic heterocycles. The van der Waals surface area contributed by atoms with E-state index in [1.807, 2.05) is 32.0 Å². The van der Waals surface area contributed by atoms with Gasteiger partial charge in [0.2, 0.25) is 0 Å². The highest BCUT2D eigenvalue weighted by Crippen LogP contribution is 2.47. The van der Waals surface area contributed by atoms with Crippen LogP contribution in [0.5, 0.6) is 11.5 Å². The summed E-state index contributed by atoms with van der Waals surface area (Å²) in [4.78, 5) is 32.2. The van der Waals surface area contributed by atoms with Crippen molar-refractivity contribution in [3.05, 3.63) is 70.9 Å². The molecule has 2 aromatic rings. The van der Waals surface area contributed by atoms with Crippen LogP contribution < -0.4 is 4.74 Å². The van der Waals surface area contributed by atoms with Crippen LogP contribution in [-0.2, 0) is 14.3 Å². The van der Waals surface area contributed by atoms with E-state index in [-0.39, 0.29) is 23.6 Å². The fourth-order valence-corrected chi connectivity index (χ4v) is 5.98. The number of ether oxygens (including phenoxy) is 2. The largest absolute Gasteiger partial charge is 0.504 e. The number of rotatable bonds is 6. The molecule has 3 aliphatic rings. The predicted molar refractivity (Wildman–Crippen MR) is 137 cm³/mol. The Hall–Kier alpha value is -3.41. The molecule has 0 saturated heterocycles. The van der Waals surface area contributed by atoms with Crippen LogP contribution in [-0.4, -0.2) is 35.3 Å². The molecule has 1 heterocycles. The Morgan fingerprint density at radius 3 is 2.50 bits per heavy atom. The smallest absolute Gasteiger partial charge is 0.336 e. The van der Waals surface area contributed by atoms with Crippen molar-refractivity contribution in [2.45, 2.75) is 70.3 Å². The molecular weight excluding hydrogens is 454 g/mol. The van der Waals surface area contributed by atoms with Gasteiger partial charge < -0.3 is 14.6 Å². The Morgan fingerprint density at radius 1 is 1.03 bits per heavy atom. The van der Waals surface area contributed by atoms with E-state index in [2.05, 4.69) is 12.1 Å². The van der Waals surface area contributed by atoms with E-state index < -0.39 is 17.8 Å². The van der Waals surface area contributed by atoms with Crippen molar-refractivity contribution in [3.63, 3.8) is 0 Å². The summed E-state index contributed by atoms with van der Waals surface area (Å²) < 4.78 is 11.6. The first-order chi connectivity index (χ1) is 17.5. The maximum Gasteiger partial charge on any atom is 0.336 e. The van der Waals surface area contributed by atoms with Crippen LogP contribution in [0.25, 0.3) is 0 Å². The van der Waals surface area contributed by atoms with Crippen molar-refractivity contribution < 1.29 is 24.2 Å². The third-order valence-electron chi connectivity index (χ3n) is 7.66. The number of fused-ring (bicyclic) bond motifs is 1. The minimum atomic E-state index is -0.543. The van der Waals surface area contributed by atoms with E-state index in [1.54, 1.807) is 18.2 Å². The molecule has 0 spiro atoms. The second-order valence-electron chi connectivity index (χ2n) is 10.0. The molecular formula is C30H33NO5. The summed E-state index contributed by atoms with van der Waals surface area (Å²) in [6.45, 7) is 4.07. The number of carbonyl (C=O) groups is 2. The molecule has 0 radical (unpaired) electrons. The van der Waals surface area contributed by atoms with Gasteiger partial charge in [-0.15, -0.1) is 0 Å². The van der Waals surface area contributed by atoms with Crippen molar-refractivity contribution in [2.75, 3.05) is 6.61 Å². The number of allylic oxidation sites excluding steroid dienone is 1. The lowest BCUT2D eigenvalue weighted by atomic mass is 9.66. The number of hydrogen-bond acceptors (Lipinski definition) is 6. The fourth-order valence-electron chi connectivity index (χ4n) is 5.98. The minimum Gasteiger partial charge on any atom is -0.504 e. The molecule has 5 rings (SSSR count). The average molecular weight is 488 g/mol. The van der Waals surface area contributed by atoms with Crippen molar-refractivity contribution in [1.29, 1.82) is 0 Å². The molecule has 1 unspecified atom stereocenters. The molecule has 1 aliphatic heterocycles. The van der Waals surface area contributed by atoms with Crippen molar-refractivity contribution >= 4 is 17.5 Å². The molecule has 2 aromatic carbocycles. The monoisotopic (exact) mass is 487 g/mol. The van der Waals surface area contributed by atoms with E-state index >= 15 is 0 Å². The molecule has 2 saturated carbocycles. The Kier molecular flexibility index (Phi) is 6.95. The zero-order valence-corrected chi connectivity index (χ0v) is 20.9. The molecule has 3 atom stereocenters. The first kappa shape index (κ1) is 24.3. The number of hydrogen-bond donors (Lipinski definition) is 1. The number of nitrogens with zero attached hydrogens (tertiary/aromatic N) is 1. The number of aliphatic imine (C=N–C) groups is 1. The summed E-state index contributed by atoms with van der Waals surface area (Å²) in [7, 11) is 0. The van der Waals surface area contributed by atoms with Gasteiger partial charge in [0.1, 0.15) is 11.9 Å². The number of aromatic hydroxyl groups is 1. The molecule has 6 nitrogen and oxygen atoms in total. The fraction of sp³-hybridized carbons (Fsp3) is 0.433. The predicted octanol–water partition coefficient (Wildman–Crippen LogP) is 5.85. The van der Waals surface area contributed by atoms with Gasteiger partial charge in [-0.25, -0.2) is 4.79 Å². The topological polar surface area (TPSA) is 85.2 Å². The molecule has 2 fully saturated rings. The minimum absolute atomic E-state index is 0.0280. The van der Waals surface area contributed by atoms with E-state index in [4.69, 9.17) is 14.5 Å². The number of phenols is 1. The molecule has 0 amide bonds. The Morgan fingerprint density at radius 2 is 1.78 bits per heavy atom. The van der Waals surface area contributed by atoms with Gasteiger partial charge in [0, 0.05) is 23.7 Å². The second kappa shape index (κ2) is 10.3. The van der Waals surface area contributed by atoms with Crippen LogP contribution >= 0.6 is 0 Å². The lowest BCUT2D eigenvalue weighted by Gasteiger charge is -2.38. The van der Waals surface area contributed by atoms with Gasteiger partial charge in [-0.2, -0.15) is 0 Å². The summed E-state index contributed by atoms with van der Waals surface area (Å²) in [5.74, 6) is -0.965. The van der Waals surface area contributed by atoms with Crippen molar-refractivity contribution in [3.8, 4) is 11.5 Å². The van der Waals surface area contributed by atoms with Gasteiger partial charge in [-0.3, -0.25) is 9.79 Å². The third-order valence-corrected chi connectivity index (χ3v) is 7.66. The van der Waals surface area contributed by atoms with Crippen LogP contribution in [0.3, 0.4) is 0 Å². The van der Waals surface area contributed by atoms with E-state index in [9.17, 15) is 14.7 Å². The molecule has 0 bridgehead atoms. The van der Waals surface area contributed by atoms with Gasteiger partial charge in [-0.05, 0) is 75.1 Å². The number of esters is 1. The highest BCUT2D eigenvalue weighted by Gasteiger charge is 2.46. The Bertz CT molecular complexity index is 1210. The second-order valence-corrected chi connectivity index (χ2v) is 10.0. The molecule has 36 heavy (non-hydrogen) atoms. The summed E-state index contributed by atoms with van der Waals surface area (Å²) >= 11 is 0. The normalized spacial score (nSPS) is 24.3. The quantitative estimate of drug-likeness (QED) is 0.517. The van der Waals surface area contributed by atoms with Crippen LogP contribution in [0.1, 0.15) is 75.3 Å². The summed E-state index contributed by atoms with van der Waals surface area (Å²) in [6.07, 6.45) is 4.81. The first-order valence-corrected chi connectivity index (χ1v) is 13.0. The number of phenolic OH excluding ortho intramolecular Hbond substituents is 1. The number of ketones is 1. The lowest BCUT2D eigenvalue weighted by molar-refractivity contribution is -0.144. The number of Topliss-reactive ketones (excluding diaryl/α,β-unsaturated/α-hetero) is 1. The lowest BCUT2D eigenvalue weighted by Crippen LogP contribution is -2.41. The van der Waals surface area contributed by atoms with Crippen LogP contribution in [0.15, 0.2) is 64.8 Å². The molecule has 2 aliphatic carbocycles.